The van der Waals surface area contributed by atoms with E-state index in [1.807, 2.05) is 6.07 Å². The number of allylic oxidation sites excluding steroid dienone is 4. The molecule has 0 fully saturated rings. The van der Waals surface area contributed by atoms with E-state index in [2.05, 4.69) is 13.0 Å². The SMILES string of the molecule is CC[C@]12CCC3=C(CCc4cc(OC)c(F)cc43)C1=CCC2=O. The molecule has 1 aromatic carbocycles. The molecule has 0 aliphatic heterocycles. The normalized spacial score (nSPS) is 25.7. The monoisotopic (exact) mass is 312 g/mol. The molecule has 1 atom stereocenters. The van der Waals surface area contributed by atoms with E-state index >= 15 is 0 Å². The summed E-state index contributed by atoms with van der Waals surface area (Å²) in [4.78, 5) is 12.5. The summed E-state index contributed by atoms with van der Waals surface area (Å²) in [6.45, 7) is 2.11. The van der Waals surface area contributed by atoms with Crippen LogP contribution in [-0.2, 0) is 11.2 Å². The fourth-order valence-electron chi connectivity index (χ4n) is 4.72. The highest BCUT2D eigenvalue weighted by Gasteiger charge is 2.47. The highest BCUT2D eigenvalue weighted by Crippen LogP contribution is 2.55. The Morgan fingerprint density at radius 3 is 2.78 bits per heavy atom. The molecule has 0 saturated carbocycles. The topological polar surface area (TPSA) is 26.3 Å². The third-order valence-corrected chi connectivity index (χ3v) is 5.98. The third kappa shape index (κ3) is 1.89. The predicted octanol–water partition coefficient (Wildman–Crippen LogP) is 4.62. The summed E-state index contributed by atoms with van der Waals surface area (Å²) < 4.78 is 19.3. The van der Waals surface area contributed by atoms with Gasteiger partial charge in [0.2, 0.25) is 0 Å². The molecule has 0 unspecified atom stereocenters. The van der Waals surface area contributed by atoms with Gasteiger partial charge in [0.1, 0.15) is 5.78 Å². The summed E-state index contributed by atoms with van der Waals surface area (Å²) in [7, 11) is 1.50. The lowest BCUT2D eigenvalue weighted by Gasteiger charge is -2.39. The van der Waals surface area contributed by atoms with Gasteiger partial charge in [0.15, 0.2) is 11.6 Å². The molecular weight excluding hydrogens is 291 g/mol. The zero-order chi connectivity index (χ0) is 16.2. The average molecular weight is 312 g/mol. The molecule has 0 radical (unpaired) electrons. The van der Waals surface area contributed by atoms with Gasteiger partial charge in [-0.3, -0.25) is 4.79 Å². The second-order valence-corrected chi connectivity index (χ2v) is 6.78. The lowest BCUT2D eigenvalue weighted by Crippen LogP contribution is -2.33. The molecule has 0 spiro atoms. The van der Waals surface area contributed by atoms with Gasteiger partial charge in [-0.1, -0.05) is 13.0 Å². The minimum atomic E-state index is -0.302. The number of ether oxygens (including phenoxy) is 1. The van der Waals surface area contributed by atoms with Crippen LogP contribution in [0.1, 0.15) is 50.2 Å². The van der Waals surface area contributed by atoms with E-state index in [9.17, 15) is 9.18 Å². The average Bonchev–Trinajstić information content (AvgIpc) is 2.91. The molecule has 0 aromatic heterocycles. The van der Waals surface area contributed by atoms with Crippen molar-refractivity contribution in [3.63, 3.8) is 0 Å². The second kappa shape index (κ2) is 5.05. The van der Waals surface area contributed by atoms with Gasteiger partial charge in [-0.15, -0.1) is 0 Å². The first-order valence-corrected chi connectivity index (χ1v) is 8.44. The number of methoxy groups -OCH3 is 1. The molecule has 3 heteroatoms. The number of carbonyl (C=O) groups is 1. The van der Waals surface area contributed by atoms with Gasteiger partial charge in [0.25, 0.3) is 0 Å². The number of aryl methyl sites for hydroxylation is 1. The van der Waals surface area contributed by atoms with Crippen LogP contribution < -0.4 is 4.74 Å². The summed E-state index contributed by atoms with van der Waals surface area (Å²) in [6.07, 6.45) is 7.12. The van der Waals surface area contributed by atoms with Gasteiger partial charge in [-0.25, -0.2) is 4.39 Å². The number of fused-ring (bicyclic) bond motifs is 4. The number of halogens is 1. The van der Waals surface area contributed by atoms with Crippen molar-refractivity contribution in [3.05, 3.63) is 46.3 Å². The van der Waals surface area contributed by atoms with Crippen LogP contribution in [0.25, 0.3) is 5.57 Å². The second-order valence-electron chi connectivity index (χ2n) is 6.78. The smallest absolute Gasteiger partial charge is 0.165 e. The number of hydrogen-bond acceptors (Lipinski definition) is 2. The van der Waals surface area contributed by atoms with Crippen LogP contribution in [0.3, 0.4) is 0 Å². The lowest BCUT2D eigenvalue weighted by atomic mass is 9.63. The summed E-state index contributed by atoms with van der Waals surface area (Å²) in [5.74, 6) is 0.388. The standard InChI is InChI=1S/C20H21FO2/c1-3-20-9-8-13-14(16(20)6-7-19(20)22)5-4-12-10-18(23-2)17(21)11-15(12)13/h6,10-11H,3-5,7-9H2,1-2H3/t20-/m0/s1. The van der Waals surface area contributed by atoms with E-state index < -0.39 is 0 Å². The lowest BCUT2D eigenvalue weighted by molar-refractivity contribution is -0.125. The van der Waals surface area contributed by atoms with Crippen molar-refractivity contribution >= 4 is 11.4 Å². The Balaban J connectivity index is 1.87. The maximum atomic E-state index is 14.2. The van der Waals surface area contributed by atoms with E-state index in [0.29, 0.717) is 18.0 Å². The first-order chi connectivity index (χ1) is 11.1. The van der Waals surface area contributed by atoms with Gasteiger partial charge >= 0.3 is 0 Å². The molecule has 1 aromatic rings. The first-order valence-electron chi connectivity index (χ1n) is 8.44. The summed E-state index contributed by atoms with van der Waals surface area (Å²) in [6, 6.07) is 3.46. The number of Topliss-reactive ketones (excluding diaryl/α,β-unsaturated/α-hetero) is 1. The van der Waals surface area contributed by atoms with Crippen molar-refractivity contribution in [3.8, 4) is 5.75 Å². The summed E-state index contributed by atoms with van der Waals surface area (Å²) in [5, 5.41) is 0. The van der Waals surface area contributed by atoms with Crippen LogP contribution in [0.15, 0.2) is 29.4 Å². The number of carbonyl (C=O) groups excluding carboxylic acids is 1. The van der Waals surface area contributed by atoms with Crippen LogP contribution in [0.5, 0.6) is 5.75 Å². The number of benzene rings is 1. The van der Waals surface area contributed by atoms with Crippen LogP contribution in [-0.4, -0.2) is 12.9 Å². The Morgan fingerprint density at radius 2 is 2.04 bits per heavy atom. The van der Waals surface area contributed by atoms with Gasteiger partial charge in [0, 0.05) is 6.42 Å². The zero-order valence-electron chi connectivity index (χ0n) is 13.7. The Morgan fingerprint density at radius 1 is 1.22 bits per heavy atom. The van der Waals surface area contributed by atoms with Crippen molar-refractivity contribution in [2.75, 3.05) is 7.11 Å². The predicted molar refractivity (Wildman–Crippen MR) is 87.9 cm³/mol. The number of hydrogen-bond donors (Lipinski definition) is 0. The van der Waals surface area contributed by atoms with E-state index in [-0.39, 0.29) is 11.2 Å². The fourth-order valence-corrected chi connectivity index (χ4v) is 4.72. The largest absolute Gasteiger partial charge is 0.494 e. The first kappa shape index (κ1) is 14.7. The van der Waals surface area contributed by atoms with Gasteiger partial charge < -0.3 is 4.74 Å². The van der Waals surface area contributed by atoms with Gasteiger partial charge in [0.05, 0.1) is 12.5 Å². The molecule has 3 aliphatic rings. The number of rotatable bonds is 2. The van der Waals surface area contributed by atoms with E-state index in [1.165, 1.54) is 23.8 Å². The van der Waals surface area contributed by atoms with Crippen molar-refractivity contribution in [2.45, 2.75) is 45.4 Å². The molecule has 120 valence electrons. The Kier molecular flexibility index (Phi) is 3.22. The van der Waals surface area contributed by atoms with E-state index in [0.717, 1.165) is 43.2 Å². The van der Waals surface area contributed by atoms with Gasteiger partial charge in [-0.05, 0) is 72.1 Å². The highest BCUT2D eigenvalue weighted by molar-refractivity contribution is 5.97. The van der Waals surface area contributed by atoms with Crippen molar-refractivity contribution in [1.82, 2.24) is 0 Å². The molecule has 0 heterocycles. The van der Waals surface area contributed by atoms with Crippen LogP contribution in [0.2, 0.25) is 0 Å². The molecule has 0 bridgehead atoms. The van der Waals surface area contributed by atoms with Crippen LogP contribution in [0, 0.1) is 11.2 Å². The highest BCUT2D eigenvalue weighted by atomic mass is 19.1. The molecule has 0 saturated heterocycles. The van der Waals surface area contributed by atoms with E-state index in [4.69, 9.17) is 4.74 Å². The summed E-state index contributed by atoms with van der Waals surface area (Å²) in [5.41, 5.74) is 5.72. The van der Waals surface area contributed by atoms with Gasteiger partial charge in [-0.2, -0.15) is 0 Å². The van der Waals surface area contributed by atoms with Crippen molar-refractivity contribution in [2.24, 2.45) is 5.41 Å². The molecule has 2 nitrogen and oxygen atoms in total. The molecule has 23 heavy (non-hydrogen) atoms. The molecule has 4 rings (SSSR count). The zero-order valence-corrected chi connectivity index (χ0v) is 13.7. The Labute approximate surface area is 136 Å². The Hall–Kier alpha value is -1.90. The van der Waals surface area contributed by atoms with E-state index in [1.54, 1.807) is 6.07 Å². The van der Waals surface area contributed by atoms with Crippen molar-refractivity contribution in [1.29, 1.82) is 0 Å². The maximum absolute atomic E-state index is 14.2. The van der Waals surface area contributed by atoms with Crippen LogP contribution >= 0.6 is 0 Å². The van der Waals surface area contributed by atoms with Crippen LogP contribution in [0.4, 0.5) is 4.39 Å². The van der Waals surface area contributed by atoms with Crippen molar-refractivity contribution < 1.29 is 13.9 Å². The molecular formula is C20H21FO2. The minimum absolute atomic E-state index is 0.263. The Bertz CT molecular complexity index is 772. The quantitative estimate of drug-likeness (QED) is 0.796. The summed E-state index contributed by atoms with van der Waals surface area (Å²) >= 11 is 0. The molecule has 0 N–H and O–H groups in total. The maximum Gasteiger partial charge on any atom is 0.165 e. The third-order valence-electron chi connectivity index (χ3n) is 5.98. The number of ketones is 1. The minimum Gasteiger partial charge on any atom is -0.494 e. The fraction of sp³-hybridized carbons (Fsp3) is 0.450. The molecule has 3 aliphatic carbocycles. The molecule has 0 amide bonds.